The Balaban J connectivity index is 1.28. The van der Waals surface area contributed by atoms with E-state index in [2.05, 4.69) is 98.8 Å². The molecule has 0 unspecified atom stereocenters. The lowest BCUT2D eigenvalue weighted by Gasteiger charge is -2.06. The fourth-order valence-electron chi connectivity index (χ4n) is 4.31. The van der Waals surface area contributed by atoms with Gasteiger partial charge in [0.25, 0.3) is 0 Å². The Labute approximate surface area is 229 Å². The standard InChI is InChI=1S/C31H26N2OS3/c1-3-4-19-34-23-11-9-22(10-12-23)27-16-18-29(36-27)25-14-13-24(30-31(25)33-37-32-30)28-17-15-26(35-28)21-7-5-20(2)6-8-21/h5-18H,3-4,19H2,1-2H3. The van der Waals surface area contributed by atoms with Gasteiger partial charge in [0.1, 0.15) is 16.8 Å². The van der Waals surface area contributed by atoms with Crippen LogP contribution in [0.3, 0.4) is 0 Å². The first kappa shape index (κ1) is 24.0. The molecule has 0 atom stereocenters. The molecule has 0 radical (unpaired) electrons. The highest BCUT2D eigenvalue weighted by atomic mass is 32.1. The van der Waals surface area contributed by atoms with Gasteiger partial charge in [0, 0.05) is 30.6 Å². The van der Waals surface area contributed by atoms with Gasteiger partial charge in [-0.2, -0.15) is 8.75 Å². The van der Waals surface area contributed by atoms with Crippen molar-refractivity contribution < 1.29 is 4.74 Å². The molecule has 6 rings (SSSR count). The monoisotopic (exact) mass is 538 g/mol. The molecule has 3 heterocycles. The van der Waals surface area contributed by atoms with Crippen LogP contribution in [0.15, 0.2) is 84.9 Å². The molecule has 6 heteroatoms. The van der Waals surface area contributed by atoms with Gasteiger partial charge in [0.05, 0.1) is 18.3 Å². The molecule has 37 heavy (non-hydrogen) atoms. The van der Waals surface area contributed by atoms with Crippen molar-refractivity contribution in [2.45, 2.75) is 26.7 Å². The van der Waals surface area contributed by atoms with Crippen LogP contribution in [0, 0.1) is 6.92 Å². The summed E-state index contributed by atoms with van der Waals surface area (Å²) < 4.78 is 15.2. The smallest absolute Gasteiger partial charge is 0.119 e. The third-order valence-corrected chi connectivity index (χ3v) is 9.26. The summed E-state index contributed by atoms with van der Waals surface area (Å²) in [5, 5.41) is 0. The van der Waals surface area contributed by atoms with Crippen LogP contribution in [-0.2, 0) is 0 Å². The summed E-state index contributed by atoms with van der Waals surface area (Å²) in [5.74, 6) is 0.930. The number of ether oxygens (including phenoxy) is 1. The zero-order valence-electron chi connectivity index (χ0n) is 20.7. The van der Waals surface area contributed by atoms with E-state index in [0.717, 1.165) is 47.4 Å². The first-order valence-corrected chi connectivity index (χ1v) is 14.8. The minimum atomic E-state index is 0.769. The number of hydrogen-bond acceptors (Lipinski definition) is 6. The van der Waals surface area contributed by atoms with Gasteiger partial charge in [0.15, 0.2) is 0 Å². The SMILES string of the molecule is CCCCOc1ccc(-c2ccc(-c3ccc(-c4ccc(-c5ccc(C)cc5)s4)c4nsnc34)s2)cc1. The Hall–Kier alpha value is -3.32. The molecule has 6 aromatic rings. The second kappa shape index (κ2) is 10.6. The number of thiophene rings is 2. The molecule has 0 bridgehead atoms. The summed E-state index contributed by atoms with van der Waals surface area (Å²) in [6.07, 6.45) is 2.22. The molecule has 0 spiro atoms. The van der Waals surface area contributed by atoms with E-state index >= 15 is 0 Å². The van der Waals surface area contributed by atoms with Crippen molar-refractivity contribution in [1.82, 2.24) is 8.75 Å². The van der Waals surface area contributed by atoms with Gasteiger partial charge in [-0.3, -0.25) is 0 Å². The number of unbranched alkanes of at least 4 members (excludes halogenated alkanes) is 1. The number of nitrogens with zero attached hydrogens (tertiary/aromatic N) is 2. The summed E-state index contributed by atoms with van der Waals surface area (Å²) >= 11 is 4.87. The fraction of sp³-hybridized carbons (Fsp3) is 0.161. The first-order valence-electron chi connectivity index (χ1n) is 12.5. The molecule has 0 saturated heterocycles. The average Bonchev–Trinajstić information content (AvgIpc) is 3.70. The number of aryl methyl sites for hydroxylation is 1. The Morgan fingerprint density at radius 2 is 1.14 bits per heavy atom. The molecule has 0 aliphatic carbocycles. The van der Waals surface area contributed by atoms with Crippen LogP contribution in [0.5, 0.6) is 5.75 Å². The lowest BCUT2D eigenvalue weighted by Crippen LogP contribution is -1.95. The molecule has 3 nitrogen and oxygen atoms in total. The van der Waals surface area contributed by atoms with Gasteiger partial charge in [-0.1, -0.05) is 55.3 Å². The van der Waals surface area contributed by atoms with Crippen molar-refractivity contribution in [3.05, 3.63) is 90.5 Å². The summed E-state index contributed by atoms with van der Waals surface area (Å²) in [4.78, 5) is 4.92. The average molecular weight is 539 g/mol. The van der Waals surface area contributed by atoms with Crippen molar-refractivity contribution in [3.63, 3.8) is 0 Å². The quantitative estimate of drug-likeness (QED) is 0.181. The predicted molar refractivity (Wildman–Crippen MR) is 160 cm³/mol. The van der Waals surface area contributed by atoms with Gasteiger partial charge in [-0.05, 0) is 73.0 Å². The van der Waals surface area contributed by atoms with Gasteiger partial charge in [0.2, 0.25) is 0 Å². The third kappa shape index (κ3) is 4.97. The minimum Gasteiger partial charge on any atom is -0.494 e. The number of hydrogen-bond donors (Lipinski definition) is 0. The maximum Gasteiger partial charge on any atom is 0.119 e. The van der Waals surface area contributed by atoms with Crippen LogP contribution in [0.25, 0.3) is 52.8 Å². The van der Waals surface area contributed by atoms with E-state index in [1.807, 2.05) is 0 Å². The molecule has 0 fully saturated rings. The van der Waals surface area contributed by atoms with E-state index in [-0.39, 0.29) is 0 Å². The maximum atomic E-state index is 5.82. The van der Waals surface area contributed by atoms with Gasteiger partial charge in [-0.25, -0.2) is 0 Å². The number of aromatic nitrogens is 2. The van der Waals surface area contributed by atoms with E-state index in [1.54, 1.807) is 22.7 Å². The molecule has 3 aromatic heterocycles. The van der Waals surface area contributed by atoms with E-state index in [0.29, 0.717) is 0 Å². The van der Waals surface area contributed by atoms with Crippen molar-refractivity contribution in [2.24, 2.45) is 0 Å². The zero-order chi connectivity index (χ0) is 25.2. The normalized spacial score (nSPS) is 11.3. The Morgan fingerprint density at radius 3 is 1.68 bits per heavy atom. The zero-order valence-corrected chi connectivity index (χ0v) is 23.2. The lowest BCUT2D eigenvalue weighted by molar-refractivity contribution is 0.309. The van der Waals surface area contributed by atoms with Crippen LogP contribution >= 0.6 is 34.4 Å². The van der Waals surface area contributed by atoms with Gasteiger partial charge in [-0.15, -0.1) is 22.7 Å². The molecule has 0 aliphatic rings. The molecular formula is C31H26N2OS3. The van der Waals surface area contributed by atoms with Crippen molar-refractivity contribution in [2.75, 3.05) is 6.61 Å². The second-order valence-electron chi connectivity index (χ2n) is 9.04. The summed E-state index contributed by atoms with van der Waals surface area (Å²) in [7, 11) is 0. The number of fused-ring (bicyclic) bond motifs is 1. The molecule has 184 valence electrons. The number of rotatable bonds is 8. The first-order chi connectivity index (χ1) is 18.2. The van der Waals surface area contributed by atoms with E-state index in [9.17, 15) is 0 Å². The second-order valence-corrected chi connectivity index (χ2v) is 11.7. The summed E-state index contributed by atoms with van der Waals surface area (Å²) in [6.45, 7) is 5.06. The van der Waals surface area contributed by atoms with Crippen LogP contribution in [-0.4, -0.2) is 15.4 Å². The molecule has 0 amide bonds. The maximum absolute atomic E-state index is 5.82. The summed E-state index contributed by atoms with van der Waals surface area (Å²) in [5.41, 5.74) is 7.95. The van der Waals surface area contributed by atoms with Crippen molar-refractivity contribution in [3.8, 4) is 47.5 Å². The Kier molecular flexibility index (Phi) is 6.87. The van der Waals surface area contributed by atoms with E-state index < -0.39 is 0 Å². The lowest BCUT2D eigenvalue weighted by atomic mass is 10.1. The molecule has 0 N–H and O–H groups in total. The highest BCUT2D eigenvalue weighted by Crippen LogP contribution is 2.42. The van der Waals surface area contributed by atoms with Crippen LogP contribution in [0.1, 0.15) is 25.3 Å². The minimum absolute atomic E-state index is 0.769. The molecule has 0 aliphatic heterocycles. The molecule has 0 saturated carbocycles. The van der Waals surface area contributed by atoms with Crippen LogP contribution < -0.4 is 4.74 Å². The summed E-state index contributed by atoms with van der Waals surface area (Å²) in [6, 6.07) is 30.3. The predicted octanol–water partition coefficient (Wildman–Crippen LogP) is 9.97. The molecule has 3 aromatic carbocycles. The topological polar surface area (TPSA) is 35.0 Å². The fourth-order valence-corrected chi connectivity index (χ4v) is 6.96. The molecular weight excluding hydrogens is 513 g/mol. The Morgan fingerprint density at radius 1 is 0.622 bits per heavy atom. The Bertz CT molecular complexity index is 1640. The van der Waals surface area contributed by atoms with Gasteiger partial charge >= 0.3 is 0 Å². The third-order valence-electron chi connectivity index (χ3n) is 6.40. The van der Waals surface area contributed by atoms with Crippen LogP contribution in [0.2, 0.25) is 0 Å². The highest BCUT2D eigenvalue weighted by Gasteiger charge is 2.16. The largest absolute Gasteiger partial charge is 0.494 e. The van der Waals surface area contributed by atoms with Crippen molar-refractivity contribution in [1.29, 1.82) is 0 Å². The van der Waals surface area contributed by atoms with E-state index in [4.69, 9.17) is 13.5 Å². The van der Waals surface area contributed by atoms with Crippen LogP contribution in [0.4, 0.5) is 0 Å². The van der Waals surface area contributed by atoms with Crippen molar-refractivity contribution >= 4 is 45.4 Å². The highest BCUT2D eigenvalue weighted by molar-refractivity contribution is 7.19. The van der Waals surface area contributed by atoms with E-state index in [1.165, 1.54) is 47.9 Å². The number of benzene rings is 3. The van der Waals surface area contributed by atoms with Gasteiger partial charge < -0.3 is 4.74 Å².